The van der Waals surface area contributed by atoms with E-state index in [0.717, 1.165) is 18.3 Å². The molecule has 4 fully saturated rings. The normalized spacial score (nSPS) is 39.0. The summed E-state index contributed by atoms with van der Waals surface area (Å²) in [6.07, 6.45) is 8.13. The number of amides is 1. The lowest BCUT2D eigenvalue weighted by Gasteiger charge is -2.60. The highest BCUT2D eigenvalue weighted by molar-refractivity contribution is 9.10. The largest absolute Gasteiger partial charge is 0.508 e. The Balaban J connectivity index is 1.47. The fraction of sp³-hybridized carbons (Fsp3) is 0.611. The van der Waals surface area contributed by atoms with Gasteiger partial charge >= 0.3 is 0 Å². The van der Waals surface area contributed by atoms with Crippen molar-refractivity contribution in [2.75, 3.05) is 5.32 Å². The summed E-state index contributed by atoms with van der Waals surface area (Å²) in [5.74, 6) is 1.87. The van der Waals surface area contributed by atoms with E-state index in [-0.39, 0.29) is 17.1 Å². The molecule has 4 saturated carbocycles. The molecule has 4 aliphatic carbocycles. The number of nitrogens with one attached hydrogen (secondary N) is 1. The van der Waals surface area contributed by atoms with Gasteiger partial charge < -0.3 is 10.4 Å². The maximum absolute atomic E-state index is 12.5. The molecule has 4 bridgehead atoms. The number of benzene rings is 1. The SMILES string of the molecule is O=C(CC12CC3CC(CC(Br)(C3)C1)C2)Nc1cccc(O)c1. The van der Waals surface area contributed by atoms with Gasteiger partial charge in [-0.2, -0.15) is 0 Å². The van der Waals surface area contributed by atoms with Crippen LogP contribution < -0.4 is 5.32 Å². The first-order chi connectivity index (χ1) is 10.4. The summed E-state index contributed by atoms with van der Waals surface area (Å²) < 4.78 is 0.294. The van der Waals surface area contributed by atoms with Gasteiger partial charge in [-0.05, 0) is 67.9 Å². The Kier molecular flexibility index (Phi) is 3.30. The Morgan fingerprint density at radius 1 is 1.27 bits per heavy atom. The predicted octanol–water partition coefficient (Wildman–Crippen LogP) is 4.45. The molecule has 0 aromatic heterocycles. The molecule has 4 aliphatic rings. The molecule has 4 heteroatoms. The van der Waals surface area contributed by atoms with Crippen LogP contribution in [-0.4, -0.2) is 15.3 Å². The molecule has 3 nitrogen and oxygen atoms in total. The number of carbonyl (C=O) groups is 1. The van der Waals surface area contributed by atoms with Crippen LogP contribution in [0.2, 0.25) is 0 Å². The highest BCUT2D eigenvalue weighted by Gasteiger charge is 2.57. The molecule has 1 aromatic carbocycles. The van der Waals surface area contributed by atoms with Crippen molar-refractivity contribution >= 4 is 27.5 Å². The number of aromatic hydroxyl groups is 1. The van der Waals surface area contributed by atoms with Gasteiger partial charge in [0.1, 0.15) is 5.75 Å². The predicted molar refractivity (Wildman–Crippen MR) is 90.1 cm³/mol. The number of anilines is 1. The molecule has 1 amide bonds. The van der Waals surface area contributed by atoms with Crippen LogP contribution in [0.1, 0.15) is 44.9 Å². The Morgan fingerprint density at radius 2 is 2.00 bits per heavy atom. The van der Waals surface area contributed by atoms with Crippen molar-refractivity contribution in [3.05, 3.63) is 24.3 Å². The van der Waals surface area contributed by atoms with Crippen LogP contribution >= 0.6 is 15.9 Å². The Morgan fingerprint density at radius 3 is 2.64 bits per heavy atom. The lowest BCUT2D eigenvalue weighted by atomic mass is 9.48. The monoisotopic (exact) mass is 363 g/mol. The third-order valence-electron chi connectivity index (χ3n) is 5.78. The molecule has 118 valence electrons. The molecule has 0 aliphatic heterocycles. The van der Waals surface area contributed by atoms with Crippen molar-refractivity contribution in [1.29, 1.82) is 0 Å². The van der Waals surface area contributed by atoms with E-state index in [1.54, 1.807) is 18.2 Å². The van der Waals surface area contributed by atoms with Crippen molar-refractivity contribution in [1.82, 2.24) is 0 Å². The molecule has 2 N–H and O–H groups in total. The summed E-state index contributed by atoms with van der Waals surface area (Å²) in [5.41, 5.74) is 0.873. The third-order valence-corrected chi connectivity index (χ3v) is 6.70. The average Bonchev–Trinajstić information content (AvgIpc) is 2.34. The molecule has 22 heavy (non-hydrogen) atoms. The minimum absolute atomic E-state index is 0.0867. The number of carbonyl (C=O) groups excluding carboxylic acids is 1. The first-order valence-electron chi connectivity index (χ1n) is 8.22. The minimum atomic E-state index is 0.0867. The molecule has 2 unspecified atom stereocenters. The zero-order valence-electron chi connectivity index (χ0n) is 12.6. The first-order valence-corrected chi connectivity index (χ1v) is 9.01. The van der Waals surface area contributed by atoms with Crippen LogP contribution in [0.4, 0.5) is 5.69 Å². The van der Waals surface area contributed by atoms with E-state index in [4.69, 9.17) is 0 Å². The van der Waals surface area contributed by atoms with Crippen LogP contribution in [0.5, 0.6) is 5.75 Å². The molecular formula is C18H22BrNO2. The average molecular weight is 364 g/mol. The summed E-state index contributed by atoms with van der Waals surface area (Å²) in [7, 11) is 0. The molecule has 0 spiro atoms. The summed E-state index contributed by atoms with van der Waals surface area (Å²) in [5, 5.41) is 12.5. The highest BCUT2D eigenvalue weighted by Crippen LogP contribution is 2.65. The van der Waals surface area contributed by atoms with Crippen molar-refractivity contribution in [3.63, 3.8) is 0 Å². The number of hydrogen-bond donors (Lipinski definition) is 2. The topological polar surface area (TPSA) is 49.3 Å². The van der Waals surface area contributed by atoms with Gasteiger partial charge in [0, 0.05) is 22.5 Å². The summed E-state index contributed by atoms with van der Waals surface area (Å²) >= 11 is 3.99. The smallest absolute Gasteiger partial charge is 0.224 e. The third kappa shape index (κ3) is 2.66. The van der Waals surface area contributed by atoms with Gasteiger partial charge in [0.05, 0.1) is 0 Å². The van der Waals surface area contributed by atoms with E-state index >= 15 is 0 Å². The van der Waals surface area contributed by atoms with E-state index in [1.807, 2.05) is 6.07 Å². The second kappa shape index (κ2) is 4.98. The maximum Gasteiger partial charge on any atom is 0.224 e. The molecule has 1 aromatic rings. The van der Waals surface area contributed by atoms with E-state index < -0.39 is 0 Å². The lowest BCUT2D eigenvalue weighted by Crippen LogP contribution is -2.53. The van der Waals surface area contributed by atoms with Crippen molar-refractivity contribution in [2.24, 2.45) is 17.3 Å². The Bertz CT molecular complexity index is 601. The van der Waals surface area contributed by atoms with Crippen molar-refractivity contribution < 1.29 is 9.90 Å². The number of hydrogen-bond acceptors (Lipinski definition) is 2. The standard InChI is InChI=1S/C18H22BrNO2/c19-18-8-12-4-13(9-18)7-17(6-12,11-18)10-16(22)20-14-2-1-3-15(21)5-14/h1-3,5,12-13,21H,4,6-11H2,(H,20,22). The van der Waals surface area contributed by atoms with E-state index in [2.05, 4.69) is 21.2 Å². The fourth-order valence-electron chi connectivity index (χ4n) is 5.67. The number of halogens is 1. The highest BCUT2D eigenvalue weighted by atomic mass is 79.9. The van der Waals surface area contributed by atoms with Gasteiger partial charge in [-0.25, -0.2) is 0 Å². The molecular weight excluding hydrogens is 342 g/mol. The van der Waals surface area contributed by atoms with Crippen molar-refractivity contribution in [3.8, 4) is 5.75 Å². The lowest BCUT2D eigenvalue weighted by molar-refractivity contribution is -0.123. The zero-order chi connectivity index (χ0) is 15.4. The number of rotatable bonds is 3. The molecule has 0 saturated heterocycles. The summed E-state index contributed by atoms with van der Waals surface area (Å²) in [6, 6.07) is 6.79. The van der Waals surface area contributed by atoms with Gasteiger partial charge in [0.15, 0.2) is 0 Å². The van der Waals surface area contributed by atoms with Gasteiger partial charge in [-0.15, -0.1) is 0 Å². The van der Waals surface area contributed by atoms with E-state index in [9.17, 15) is 9.90 Å². The van der Waals surface area contributed by atoms with Crippen LogP contribution in [0.3, 0.4) is 0 Å². The Hall–Kier alpha value is -1.03. The second-order valence-corrected chi connectivity index (χ2v) is 9.57. The molecule has 0 heterocycles. The van der Waals surface area contributed by atoms with Gasteiger partial charge in [0.25, 0.3) is 0 Å². The quantitative estimate of drug-likeness (QED) is 0.779. The van der Waals surface area contributed by atoms with Crippen LogP contribution in [0, 0.1) is 17.3 Å². The van der Waals surface area contributed by atoms with Gasteiger partial charge in [-0.1, -0.05) is 22.0 Å². The van der Waals surface area contributed by atoms with Crippen LogP contribution in [0.15, 0.2) is 24.3 Å². The fourth-order valence-corrected chi connectivity index (χ4v) is 7.18. The van der Waals surface area contributed by atoms with Gasteiger partial charge in [-0.3, -0.25) is 4.79 Å². The molecule has 0 radical (unpaired) electrons. The van der Waals surface area contributed by atoms with Crippen molar-refractivity contribution in [2.45, 2.75) is 49.3 Å². The number of phenolic OH excluding ortho intramolecular Hbond substituents is 1. The van der Waals surface area contributed by atoms with E-state index in [1.165, 1.54) is 32.1 Å². The first kappa shape index (κ1) is 14.6. The minimum Gasteiger partial charge on any atom is -0.508 e. The van der Waals surface area contributed by atoms with Gasteiger partial charge in [0.2, 0.25) is 5.91 Å². The maximum atomic E-state index is 12.5. The number of alkyl halides is 1. The zero-order valence-corrected chi connectivity index (χ0v) is 14.2. The second-order valence-electron chi connectivity index (χ2n) is 7.89. The summed E-state index contributed by atoms with van der Waals surface area (Å²) in [6.45, 7) is 0. The number of phenols is 1. The Labute approximate surface area is 139 Å². The van der Waals surface area contributed by atoms with Crippen LogP contribution in [-0.2, 0) is 4.79 Å². The molecule has 2 atom stereocenters. The summed E-state index contributed by atoms with van der Waals surface area (Å²) in [4.78, 5) is 12.5. The van der Waals surface area contributed by atoms with Crippen LogP contribution in [0.25, 0.3) is 0 Å². The molecule has 5 rings (SSSR count). The van der Waals surface area contributed by atoms with E-state index in [0.29, 0.717) is 16.4 Å².